The largest absolute Gasteiger partial charge is 0.350 e. The van der Waals surface area contributed by atoms with E-state index in [0.717, 1.165) is 19.9 Å². The Bertz CT molecular complexity index is 1490. The minimum atomic E-state index is -4.21. The van der Waals surface area contributed by atoms with Gasteiger partial charge in [0.1, 0.15) is 12.6 Å². The zero-order valence-electron chi connectivity index (χ0n) is 22.9. The van der Waals surface area contributed by atoms with E-state index >= 15 is 0 Å². The van der Waals surface area contributed by atoms with E-state index in [1.54, 1.807) is 19.1 Å². The van der Waals surface area contributed by atoms with Crippen molar-refractivity contribution in [3.05, 3.63) is 92.4 Å². The zero-order valence-corrected chi connectivity index (χ0v) is 26.8. The summed E-state index contributed by atoms with van der Waals surface area (Å²) in [4.78, 5) is 28.5. The van der Waals surface area contributed by atoms with Crippen molar-refractivity contribution >= 4 is 66.7 Å². The molecule has 2 amide bonds. The Hall–Kier alpha value is -2.59. The van der Waals surface area contributed by atoms with Crippen LogP contribution in [0.1, 0.15) is 38.8 Å². The monoisotopic (exact) mass is 667 g/mol. The molecule has 1 unspecified atom stereocenters. The first-order chi connectivity index (χ1) is 18.6. The number of sulfonamides is 1. The van der Waals surface area contributed by atoms with Crippen molar-refractivity contribution in [1.29, 1.82) is 0 Å². The van der Waals surface area contributed by atoms with Crippen LogP contribution in [0.2, 0.25) is 10.0 Å². The van der Waals surface area contributed by atoms with Gasteiger partial charge < -0.3 is 10.2 Å². The number of rotatable bonds is 9. The Balaban J connectivity index is 2.07. The van der Waals surface area contributed by atoms with E-state index in [9.17, 15) is 18.0 Å². The lowest BCUT2D eigenvalue weighted by molar-refractivity contribution is -0.140. The third kappa shape index (κ3) is 8.22. The quantitative estimate of drug-likeness (QED) is 0.279. The molecule has 0 saturated carbocycles. The summed E-state index contributed by atoms with van der Waals surface area (Å²) in [6.45, 7) is 8.51. The summed E-state index contributed by atoms with van der Waals surface area (Å²) in [5, 5.41) is 3.29. The van der Waals surface area contributed by atoms with Crippen LogP contribution in [0.5, 0.6) is 0 Å². The minimum absolute atomic E-state index is 0.00837. The molecule has 0 saturated heterocycles. The molecule has 11 heteroatoms. The van der Waals surface area contributed by atoms with Gasteiger partial charge in [-0.05, 0) is 82.6 Å². The molecule has 40 heavy (non-hydrogen) atoms. The third-order valence-electron chi connectivity index (χ3n) is 5.99. The molecule has 0 fully saturated rings. The highest BCUT2D eigenvalue weighted by Gasteiger charge is 2.33. The van der Waals surface area contributed by atoms with E-state index < -0.39 is 34.1 Å². The van der Waals surface area contributed by atoms with Crippen molar-refractivity contribution in [2.45, 2.75) is 57.6 Å². The van der Waals surface area contributed by atoms with Crippen molar-refractivity contribution in [2.24, 2.45) is 0 Å². The lowest BCUT2D eigenvalue weighted by atomic mass is 10.1. The molecule has 0 aliphatic rings. The summed E-state index contributed by atoms with van der Waals surface area (Å²) < 4.78 is 29.6. The van der Waals surface area contributed by atoms with E-state index in [0.29, 0.717) is 0 Å². The maximum Gasteiger partial charge on any atom is 0.264 e. The summed E-state index contributed by atoms with van der Waals surface area (Å²) in [6, 6.07) is 17.1. The van der Waals surface area contributed by atoms with E-state index in [-0.39, 0.29) is 33.1 Å². The van der Waals surface area contributed by atoms with Crippen LogP contribution in [0, 0.1) is 6.92 Å². The first kappa shape index (κ1) is 31.9. The van der Waals surface area contributed by atoms with Gasteiger partial charge in [0.15, 0.2) is 0 Å². The standard InChI is InChI=1S/C29H32BrCl2N3O4S/c1-19-9-12-24(13-10-19)40(38,39)35(23-11-14-25(31)26(32)16-23)18-27(36)34(17-21-7-6-8-22(30)15-21)20(2)28(37)33-29(3,4)5/h6-16,20H,17-18H2,1-5H3,(H,33,37). The summed E-state index contributed by atoms with van der Waals surface area (Å²) in [5.41, 5.74) is 1.28. The van der Waals surface area contributed by atoms with Gasteiger partial charge in [0, 0.05) is 16.6 Å². The van der Waals surface area contributed by atoms with Gasteiger partial charge in [0.25, 0.3) is 10.0 Å². The van der Waals surface area contributed by atoms with E-state index in [2.05, 4.69) is 21.2 Å². The molecule has 0 aliphatic carbocycles. The fourth-order valence-electron chi connectivity index (χ4n) is 3.90. The smallest absolute Gasteiger partial charge is 0.264 e. The maximum absolute atomic E-state index is 14.0. The van der Waals surface area contributed by atoms with Gasteiger partial charge >= 0.3 is 0 Å². The molecule has 7 nitrogen and oxygen atoms in total. The zero-order chi connectivity index (χ0) is 29.8. The van der Waals surface area contributed by atoms with Crippen molar-refractivity contribution in [3.63, 3.8) is 0 Å². The van der Waals surface area contributed by atoms with Crippen molar-refractivity contribution in [2.75, 3.05) is 10.8 Å². The second-order valence-electron chi connectivity index (χ2n) is 10.5. The van der Waals surface area contributed by atoms with Gasteiger partial charge in [-0.15, -0.1) is 0 Å². The SMILES string of the molecule is Cc1ccc(S(=O)(=O)N(CC(=O)N(Cc2cccc(Br)c2)C(C)C(=O)NC(C)(C)C)c2ccc(Cl)c(Cl)c2)cc1. The first-order valence-electron chi connectivity index (χ1n) is 12.5. The van der Waals surface area contributed by atoms with Gasteiger partial charge in [0.2, 0.25) is 11.8 Å². The van der Waals surface area contributed by atoms with Crippen molar-refractivity contribution < 1.29 is 18.0 Å². The second kappa shape index (κ2) is 12.9. The molecule has 3 rings (SSSR count). The van der Waals surface area contributed by atoms with Crippen molar-refractivity contribution in [1.82, 2.24) is 10.2 Å². The fraction of sp³-hybridized carbons (Fsp3) is 0.310. The van der Waals surface area contributed by atoms with Crippen LogP contribution in [0.25, 0.3) is 0 Å². The number of hydrogen-bond donors (Lipinski definition) is 1. The average molecular weight is 669 g/mol. The molecular weight excluding hydrogens is 637 g/mol. The number of carbonyl (C=O) groups is 2. The Morgan fingerprint density at radius 1 is 0.975 bits per heavy atom. The van der Waals surface area contributed by atoms with Gasteiger partial charge in [-0.25, -0.2) is 8.42 Å². The van der Waals surface area contributed by atoms with Crippen LogP contribution < -0.4 is 9.62 Å². The fourth-order valence-corrected chi connectivity index (χ4v) is 6.04. The van der Waals surface area contributed by atoms with Crippen LogP contribution in [-0.4, -0.2) is 43.3 Å². The summed E-state index contributed by atoms with van der Waals surface area (Å²) in [7, 11) is -4.21. The highest BCUT2D eigenvalue weighted by molar-refractivity contribution is 9.10. The normalized spacial score (nSPS) is 12.5. The number of amides is 2. The topological polar surface area (TPSA) is 86.8 Å². The molecule has 0 aromatic heterocycles. The Kier molecular flexibility index (Phi) is 10.3. The second-order valence-corrected chi connectivity index (χ2v) is 14.1. The predicted octanol–water partition coefficient (Wildman–Crippen LogP) is 6.59. The number of benzene rings is 3. The number of nitrogens with one attached hydrogen (secondary N) is 1. The molecule has 0 spiro atoms. The van der Waals surface area contributed by atoms with Crippen LogP contribution in [0.4, 0.5) is 5.69 Å². The number of nitrogens with zero attached hydrogens (tertiary/aromatic N) is 2. The summed E-state index contributed by atoms with van der Waals surface area (Å²) in [6.07, 6.45) is 0. The van der Waals surface area contributed by atoms with E-state index in [1.165, 1.54) is 35.2 Å². The van der Waals surface area contributed by atoms with Crippen molar-refractivity contribution in [3.8, 4) is 0 Å². The molecule has 1 atom stereocenters. The first-order valence-corrected chi connectivity index (χ1v) is 15.5. The molecule has 0 aliphatic heterocycles. The average Bonchev–Trinajstić information content (AvgIpc) is 2.86. The van der Waals surface area contributed by atoms with Crippen LogP contribution in [-0.2, 0) is 26.2 Å². The van der Waals surface area contributed by atoms with Gasteiger partial charge in [-0.3, -0.25) is 13.9 Å². The molecule has 1 N–H and O–H groups in total. The van der Waals surface area contributed by atoms with Crippen LogP contribution in [0.3, 0.4) is 0 Å². The van der Waals surface area contributed by atoms with Crippen LogP contribution in [0.15, 0.2) is 76.1 Å². The number of hydrogen-bond acceptors (Lipinski definition) is 4. The number of halogens is 3. The summed E-state index contributed by atoms with van der Waals surface area (Å²) in [5.74, 6) is -0.934. The minimum Gasteiger partial charge on any atom is -0.350 e. The van der Waals surface area contributed by atoms with E-state index in [4.69, 9.17) is 23.2 Å². The molecule has 0 radical (unpaired) electrons. The van der Waals surface area contributed by atoms with Gasteiger partial charge in [-0.2, -0.15) is 0 Å². The molecular formula is C29H32BrCl2N3O4S. The van der Waals surface area contributed by atoms with Gasteiger partial charge in [0.05, 0.1) is 20.6 Å². The lowest BCUT2D eigenvalue weighted by Gasteiger charge is -2.33. The highest BCUT2D eigenvalue weighted by atomic mass is 79.9. The third-order valence-corrected chi connectivity index (χ3v) is 9.01. The Morgan fingerprint density at radius 2 is 1.62 bits per heavy atom. The molecule has 3 aromatic rings. The molecule has 214 valence electrons. The highest BCUT2D eigenvalue weighted by Crippen LogP contribution is 2.31. The summed E-state index contributed by atoms with van der Waals surface area (Å²) >= 11 is 15.8. The molecule has 0 bridgehead atoms. The molecule has 0 heterocycles. The lowest BCUT2D eigenvalue weighted by Crippen LogP contribution is -2.54. The number of carbonyl (C=O) groups excluding carboxylic acids is 2. The number of aryl methyl sites for hydroxylation is 1. The molecule has 3 aromatic carbocycles. The predicted molar refractivity (Wildman–Crippen MR) is 164 cm³/mol. The van der Waals surface area contributed by atoms with Crippen LogP contribution >= 0.6 is 39.1 Å². The van der Waals surface area contributed by atoms with Gasteiger partial charge in [-0.1, -0.05) is 69.0 Å². The maximum atomic E-state index is 14.0. The Morgan fingerprint density at radius 3 is 2.20 bits per heavy atom. The number of anilines is 1. The Labute approximate surface area is 254 Å². The van der Waals surface area contributed by atoms with E-state index in [1.807, 2.05) is 52.0 Å².